The molecule has 4 rings (SSSR count). The van der Waals surface area contributed by atoms with Crippen LogP contribution in [0.4, 0.5) is 11.4 Å². The summed E-state index contributed by atoms with van der Waals surface area (Å²) in [5.41, 5.74) is 3.04. The number of nitrogens with one attached hydrogen (secondary N) is 2. The summed E-state index contributed by atoms with van der Waals surface area (Å²) in [7, 11) is 0. The van der Waals surface area contributed by atoms with Crippen LogP contribution in [0.2, 0.25) is 0 Å². The smallest absolute Gasteiger partial charge is 0.237 e. The first-order valence-corrected chi connectivity index (χ1v) is 11.2. The summed E-state index contributed by atoms with van der Waals surface area (Å²) in [5, 5.41) is 14.5. The molecule has 0 saturated heterocycles. The Morgan fingerprint density at radius 1 is 0.970 bits per heavy atom. The van der Waals surface area contributed by atoms with E-state index < -0.39 is 5.25 Å². The molecule has 0 fully saturated rings. The van der Waals surface area contributed by atoms with Gasteiger partial charge in [-0.25, -0.2) is 0 Å². The number of hydrogen-bond donors (Lipinski definition) is 2. The Morgan fingerprint density at radius 3 is 2.24 bits per heavy atom. The summed E-state index contributed by atoms with van der Waals surface area (Å²) in [6, 6.07) is 18.6. The predicted molar refractivity (Wildman–Crippen MR) is 128 cm³/mol. The summed E-state index contributed by atoms with van der Waals surface area (Å²) in [5.74, 6) is 1.07. The number of aromatic nitrogens is 3. The molecule has 2 heterocycles. The zero-order valence-corrected chi connectivity index (χ0v) is 19.2. The van der Waals surface area contributed by atoms with Crippen molar-refractivity contribution in [2.75, 3.05) is 10.6 Å². The van der Waals surface area contributed by atoms with E-state index in [2.05, 4.69) is 20.8 Å². The Morgan fingerprint density at radius 2 is 1.64 bits per heavy atom. The van der Waals surface area contributed by atoms with Crippen LogP contribution in [0.25, 0.3) is 17.1 Å². The standard InChI is InChI=1S/C24H23N5O3S/c1-15-21(13-14-32-15)22-27-28-24(29(22)20-7-5-4-6-8-20)33-16(2)23(31)26-19-11-9-18(10-12-19)25-17(3)30/h4-14,16H,1-3H3,(H,25,30)(H,26,31)/t16-/m1/s1. The van der Waals surface area contributed by atoms with E-state index in [4.69, 9.17) is 4.42 Å². The van der Waals surface area contributed by atoms with E-state index in [0.717, 1.165) is 17.0 Å². The van der Waals surface area contributed by atoms with Crippen LogP contribution < -0.4 is 10.6 Å². The number of para-hydroxylation sites is 1. The number of benzene rings is 2. The van der Waals surface area contributed by atoms with Gasteiger partial charge in [-0.2, -0.15) is 0 Å². The normalized spacial score (nSPS) is 11.7. The van der Waals surface area contributed by atoms with Crippen molar-refractivity contribution in [3.63, 3.8) is 0 Å². The van der Waals surface area contributed by atoms with Gasteiger partial charge in [0.15, 0.2) is 11.0 Å². The van der Waals surface area contributed by atoms with Gasteiger partial charge in [0.25, 0.3) is 0 Å². The molecule has 1 atom stereocenters. The molecule has 0 radical (unpaired) electrons. The fourth-order valence-corrected chi connectivity index (χ4v) is 4.11. The summed E-state index contributed by atoms with van der Waals surface area (Å²) >= 11 is 1.32. The molecule has 0 bridgehead atoms. The van der Waals surface area contributed by atoms with Gasteiger partial charge >= 0.3 is 0 Å². The number of thioether (sulfide) groups is 1. The number of amides is 2. The highest BCUT2D eigenvalue weighted by atomic mass is 32.2. The highest BCUT2D eigenvalue weighted by molar-refractivity contribution is 8.00. The maximum absolute atomic E-state index is 12.8. The third-order valence-corrected chi connectivity index (χ3v) is 5.91. The predicted octanol–water partition coefficient (Wildman–Crippen LogP) is 4.91. The van der Waals surface area contributed by atoms with Crippen molar-refractivity contribution in [1.82, 2.24) is 14.8 Å². The number of carbonyl (C=O) groups excluding carboxylic acids is 2. The maximum atomic E-state index is 12.8. The van der Waals surface area contributed by atoms with Gasteiger partial charge in [-0.05, 0) is 56.3 Å². The molecule has 0 spiro atoms. The monoisotopic (exact) mass is 461 g/mol. The van der Waals surface area contributed by atoms with Crippen LogP contribution in [0.1, 0.15) is 19.6 Å². The number of rotatable bonds is 7. The number of furan rings is 1. The molecule has 0 aliphatic carbocycles. The highest BCUT2D eigenvalue weighted by Gasteiger charge is 2.23. The summed E-state index contributed by atoms with van der Waals surface area (Å²) < 4.78 is 7.38. The van der Waals surface area contributed by atoms with Crippen LogP contribution in [0, 0.1) is 6.92 Å². The Balaban J connectivity index is 1.55. The lowest BCUT2D eigenvalue weighted by Gasteiger charge is -2.14. The van der Waals surface area contributed by atoms with E-state index in [-0.39, 0.29) is 11.8 Å². The lowest BCUT2D eigenvalue weighted by molar-refractivity contribution is -0.115. The third kappa shape index (κ3) is 5.15. The van der Waals surface area contributed by atoms with Crippen molar-refractivity contribution >= 4 is 35.0 Å². The van der Waals surface area contributed by atoms with Crippen LogP contribution in [0.3, 0.4) is 0 Å². The van der Waals surface area contributed by atoms with E-state index >= 15 is 0 Å². The van der Waals surface area contributed by atoms with E-state index in [9.17, 15) is 9.59 Å². The SMILES string of the molecule is CC(=O)Nc1ccc(NC(=O)[C@@H](C)Sc2nnc(-c3ccoc3C)n2-c2ccccc2)cc1. The fourth-order valence-electron chi connectivity index (χ4n) is 3.24. The van der Waals surface area contributed by atoms with Gasteiger partial charge in [0.05, 0.1) is 17.1 Å². The number of hydrogen-bond acceptors (Lipinski definition) is 6. The number of anilines is 2. The van der Waals surface area contributed by atoms with Gasteiger partial charge in [-0.3, -0.25) is 14.2 Å². The largest absolute Gasteiger partial charge is 0.469 e. The Kier molecular flexibility index (Phi) is 6.60. The van der Waals surface area contributed by atoms with E-state index in [1.165, 1.54) is 18.7 Å². The second kappa shape index (κ2) is 9.74. The highest BCUT2D eigenvalue weighted by Crippen LogP contribution is 2.32. The Bertz CT molecular complexity index is 1270. The fraction of sp³-hybridized carbons (Fsp3) is 0.167. The molecule has 2 aromatic heterocycles. The molecule has 0 saturated carbocycles. The summed E-state index contributed by atoms with van der Waals surface area (Å²) in [6.45, 7) is 5.14. The second-order valence-corrected chi connectivity index (χ2v) is 8.68. The molecule has 33 heavy (non-hydrogen) atoms. The molecule has 2 aromatic carbocycles. The minimum atomic E-state index is -0.440. The quantitative estimate of drug-likeness (QED) is 0.379. The van der Waals surface area contributed by atoms with Crippen molar-refractivity contribution in [2.45, 2.75) is 31.2 Å². The molecule has 9 heteroatoms. The van der Waals surface area contributed by atoms with Crippen molar-refractivity contribution < 1.29 is 14.0 Å². The Labute approximate surface area is 195 Å². The summed E-state index contributed by atoms with van der Waals surface area (Å²) in [4.78, 5) is 24.0. The lowest BCUT2D eigenvalue weighted by atomic mass is 10.2. The molecular weight excluding hydrogens is 438 g/mol. The molecule has 0 aliphatic heterocycles. The minimum Gasteiger partial charge on any atom is -0.469 e. The molecule has 168 valence electrons. The first-order chi connectivity index (χ1) is 15.9. The molecular formula is C24H23N5O3S. The maximum Gasteiger partial charge on any atom is 0.237 e. The zero-order chi connectivity index (χ0) is 23.4. The number of nitrogens with zero attached hydrogens (tertiary/aromatic N) is 3. The number of carbonyl (C=O) groups is 2. The Hall–Kier alpha value is -3.85. The topological polar surface area (TPSA) is 102 Å². The van der Waals surface area contributed by atoms with Gasteiger partial charge < -0.3 is 15.1 Å². The average Bonchev–Trinajstić information content (AvgIpc) is 3.41. The molecule has 0 unspecified atom stereocenters. The molecule has 8 nitrogen and oxygen atoms in total. The zero-order valence-electron chi connectivity index (χ0n) is 18.4. The van der Waals surface area contributed by atoms with E-state index in [1.807, 2.05) is 54.8 Å². The van der Waals surface area contributed by atoms with Gasteiger partial charge in [0.1, 0.15) is 5.76 Å². The molecule has 2 N–H and O–H groups in total. The van der Waals surface area contributed by atoms with Gasteiger partial charge in [-0.1, -0.05) is 30.0 Å². The van der Waals surface area contributed by atoms with Crippen LogP contribution >= 0.6 is 11.8 Å². The first kappa shape index (κ1) is 22.3. The van der Waals surface area contributed by atoms with Crippen molar-refractivity contribution in [1.29, 1.82) is 0 Å². The van der Waals surface area contributed by atoms with Crippen LogP contribution in [-0.4, -0.2) is 31.8 Å². The van der Waals surface area contributed by atoms with E-state index in [0.29, 0.717) is 22.4 Å². The third-order valence-electron chi connectivity index (χ3n) is 4.87. The molecule has 2 amide bonds. The lowest BCUT2D eigenvalue weighted by Crippen LogP contribution is -2.23. The second-order valence-electron chi connectivity index (χ2n) is 7.38. The van der Waals surface area contributed by atoms with Crippen molar-refractivity contribution in [2.24, 2.45) is 0 Å². The first-order valence-electron chi connectivity index (χ1n) is 10.3. The van der Waals surface area contributed by atoms with E-state index in [1.54, 1.807) is 30.5 Å². The minimum absolute atomic E-state index is 0.149. The number of aryl methyl sites for hydroxylation is 1. The molecule has 4 aromatic rings. The van der Waals surface area contributed by atoms with Gasteiger partial charge in [0, 0.05) is 24.0 Å². The summed E-state index contributed by atoms with van der Waals surface area (Å²) in [6.07, 6.45) is 1.62. The van der Waals surface area contributed by atoms with Crippen LogP contribution in [0.15, 0.2) is 76.5 Å². The average molecular weight is 462 g/mol. The van der Waals surface area contributed by atoms with Gasteiger partial charge in [-0.15, -0.1) is 10.2 Å². The van der Waals surface area contributed by atoms with Gasteiger partial charge in [0.2, 0.25) is 11.8 Å². The molecule has 0 aliphatic rings. The van der Waals surface area contributed by atoms with Crippen molar-refractivity contribution in [3.8, 4) is 17.1 Å². The van der Waals surface area contributed by atoms with Crippen LogP contribution in [-0.2, 0) is 9.59 Å². The van der Waals surface area contributed by atoms with Crippen molar-refractivity contribution in [3.05, 3.63) is 72.7 Å². The van der Waals surface area contributed by atoms with Crippen LogP contribution in [0.5, 0.6) is 0 Å².